The summed E-state index contributed by atoms with van der Waals surface area (Å²) in [4.78, 5) is 0. The van der Waals surface area contributed by atoms with Crippen molar-refractivity contribution in [3.63, 3.8) is 0 Å². The average Bonchev–Trinajstić information content (AvgIpc) is 2.30. The Bertz CT molecular complexity index is 469. The van der Waals surface area contributed by atoms with Gasteiger partial charge in [-0.15, -0.1) is 0 Å². The smallest absolute Gasteiger partial charge is 0.186 e. The monoisotopic (exact) mass is 195 g/mol. The highest BCUT2D eigenvalue weighted by molar-refractivity contribution is 5.70. The molecule has 2 rings (SSSR count). The Morgan fingerprint density at radius 3 is 2.20 bits per heavy atom. The summed E-state index contributed by atoms with van der Waals surface area (Å²) in [6.45, 7) is 3.69. The minimum absolute atomic E-state index is 0.0591. The minimum Gasteiger partial charge on any atom is -0.289 e. The highest BCUT2D eigenvalue weighted by Crippen LogP contribution is 2.29. The third-order valence-electron chi connectivity index (χ3n) is 2.34. The van der Waals surface area contributed by atoms with Gasteiger partial charge < -0.3 is 0 Å². The van der Waals surface area contributed by atoms with Crippen LogP contribution in [0.1, 0.15) is 5.56 Å². The molecule has 0 aliphatic rings. The molecule has 0 saturated carbocycles. The van der Waals surface area contributed by atoms with E-state index in [0.717, 1.165) is 16.7 Å². The lowest BCUT2D eigenvalue weighted by molar-refractivity contribution is 0.356. The molecular weight excluding hydrogens is 184 g/mol. The zero-order chi connectivity index (χ0) is 10.7. The van der Waals surface area contributed by atoms with Crippen LogP contribution in [-0.2, 0) is 5.11 Å². The van der Waals surface area contributed by atoms with Crippen molar-refractivity contribution in [2.24, 2.45) is 0 Å². The number of para-hydroxylation sites is 1. The van der Waals surface area contributed by atoms with Crippen LogP contribution in [0, 0.1) is 0 Å². The molecule has 0 fully saturated rings. The van der Waals surface area contributed by atoms with Crippen LogP contribution in [0.15, 0.2) is 55.1 Å². The van der Waals surface area contributed by atoms with Crippen LogP contribution < -0.4 is 0 Å². The van der Waals surface area contributed by atoms with E-state index in [0.29, 0.717) is 0 Å². The van der Waals surface area contributed by atoms with E-state index in [1.807, 2.05) is 36.4 Å². The summed E-state index contributed by atoms with van der Waals surface area (Å²) in [7, 11) is 0. The molecule has 2 aromatic rings. The third-order valence-corrected chi connectivity index (χ3v) is 2.34. The molecule has 1 radical (unpaired) electrons. The molecule has 0 N–H and O–H groups in total. The molecule has 15 heavy (non-hydrogen) atoms. The lowest BCUT2D eigenvalue weighted by atomic mass is 10.0. The van der Waals surface area contributed by atoms with Gasteiger partial charge in [-0.05, 0) is 17.2 Å². The van der Waals surface area contributed by atoms with E-state index in [2.05, 4.69) is 6.58 Å². The normalized spacial score (nSPS) is 9.87. The molecule has 2 aromatic carbocycles. The Morgan fingerprint density at radius 1 is 0.933 bits per heavy atom. The molecule has 0 aromatic heterocycles. The minimum atomic E-state index is 0.0591. The van der Waals surface area contributed by atoms with Crippen LogP contribution in [-0.4, -0.2) is 0 Å². The lowest BCUT2D eigenvalue weighted by Gasteiger charge is -2.02. The van der Waals surface area contributed by atoms with Gasteiger partial charge in [-0.3, -0.25) is 5.11 Å². The van der Waals surface area contributed by atoms with E-state index in [1.54, 1.807) is 18.2 Å². The molecular formula is C14H11O. The summed E-state index contributed by atoms with van der Waals surface area (Å²) < 4.78 is 0. The van der Waals surface area contributed by atoms with Crippen molar-refractivity contribution in [3.8, 4) is 16.9 Å². The summed E-state index contributed by atoms with van der Waals surface area (Å²) in [6, 6.07) is 14.8. The molecule has 0 atom stereocenters. The molecule has 1 heteroatoms. The van der Waals surface area contributed by atoms with Crippen molar-refractivity contribution in [2.45, 2.75) is 0 Å². The van der Waals surface area contributed by atoms with Gasteiger partial charge in [0.2, 0.25) is 0 Å². The maximum atomic E-state index is 11.6. The van der Waals surface area contributed by atoms with E-state index in [1.165, 1.54) is 0 Å². The molecule has 0 aliphatic carbocycles. The summed E-state index contributed by atoms with van der Waals surface area (Å²) in [5, 5.41) is 11.6. The van der Waals surface area contributed by atoms with Crippen molar-refractivity contribution in [3.05, 3.63) is 60.7 Å². The molecule has 73 valence electrons. The molecule has 0 unspecified atom stereocenters. The predicted octanol–water partition coefficient (Wildman–Crippen LogP) is 4.14. The van der Waals surface area contributed by atoms with E-state index < -0.39 is 0 Å². The summed E-state index contributed by atoms with van der Waals surface area (Å²) in [5.41, 5.74) is 2.75. The van der Waals surface area contributed by atoms with Gasteiger partial charge in [0, 0.05) is 5.56 Å². The first-order valence-electron chi connectivity index (χ1n) is 4.80. The van der Waals surface area contributed by atoms with E-state index >= 15 is 0 Å². The van der Waals surface area contributed by atoms with Gasteiger partial charge in [-0.2, -0.15) is 0 Å². The van der Waals surface area contributed by atoms with Crippen molar-refractivity contribution < 1.29 is 5.11 Å². The van der Waals surface area contributed by atoms with Crippen molar-refractivity contribution in [1.29, 1.82) is 0 Å². The third kappa shape index (κ3) is 1.91. The Kier molecular flexibility index (Phi) is 2.55. The predicted molar refractivity (Wildman–Crippen MR) is 62.1 cm³/mol. The first kappa shape index (κ1) is 9.53. The summed E-state index contributed by atoms with van der Waals surface area (Å²) in [5.74, 6) is 0.0591. The second-order valence-electron chi connectivity index (χ2n) is 3.32. The molecule has 1 nitrogen and oxygen atoms in total. The standard InChI is InChI=1S/C14H11O/c1-2-11-7-9-12(10-8-11)13-5-3-4-6-14(13)15/h2-10H,1H2. The Labute approximate surface area is 89.3 Å². The van der Waals surface area contributed by atoms with Crippen LogP contribution in [0.4, 0.5) is 0 Å². The van der Waals surface area contributed by atoms with Crippen LogP contribution in [0.2, 0.25) is 0 Å². The fraction of sp³-hybridized carbons (Fsp3) is 0. The topological polar surface area (TPSA) is 19.9 Å². The van der Waals surface area contributed by atoms with Crippen molar-refractivity contribution in [2.75, 3.05) is 0 Å². The van der Waals surface area contributed by atoms with E-state index in [-0.39, 0.29) is 5.75 Å². The van der Waals surface area contributed by atoms with E-state index in [9.17, 15) is 5.11 Å². The lowest BCUT2D eigenvalue weighted by Crippen LogP contribution is -1.78. The van der Waals surface area contributed by atoms with Crippen LogP contribution in [0.25, 0.3) is 17.2 Å². The fourth-order valence-electron chi connectivity index (χ4n) is 1.50. The number of hydrogen-bond donors (Lipinski definition) is 0. The SMILES string of the molecule is C=Cc1ccc(-c2ccccc2[O])cc1. The number of hydrogen-bond acceptors (Lipinski definition) is 0. The van der Waals surface area contributed by atoms with Gasteiger partial charge in [-0.1, -0.05) is 55.1 Å². The molecule has 0 saturated heterocycles. The van der Waals surface area contributed by atoms with Crippen molar-refractivity contribution in [1.82, 2.24) is 0 Å². The summed E-state index contributed by atoms with van der Waals surface area (Å²) >= 11 is 0. The molecule has 0 heterocycles. The molecule has 0 bridgehead atoms. The van der Waals surface area contributed by atoms with Gasteiger partial charge in [0.15, 0.2) is 5.75 Å². The Balaban J connectivity index is 2.46. The largest absolute Gasteiger partial charge is 0.289 e. The van der Waals surface area contributed by atoms with Gasteiger partial charge in [0.05, 0.1) is 0 Å². The van der Waals surface area contributed by atoms with E-state index in [4.69, 9.17) is 0 Å². The van der Waals surface area contributed by atoms with Crippen LogP contribution in [0.3, 0.4) is 0 Å². The van der Waals surface area contributed by atoms with Gasteiger partial charge >= 0.3 is 0 Å². The second kappa shape index (κ2) is 4.01. The number of rotatable bonds is 2. The average molecular weight is 195 g/mol. The Morgan fingerprint density at radius 2 is 1.60 bits per heavy atom. The maximum Gasteiger partial charge on any atom is 0.186 e. The number of benzene rings is 2. The Hall–Kier alpha value is -2.02. The molecule has 0 spiro atoms. The quantitative estimate of drug-likeness (QED) is 0.686. The van der Waals surface area contributed by atoms with Gasteiger partial charge in [0.1, 0.15) is 0 Å². The first-order chi connectivity index (χ1) is 7.31. The highest BCUT2D eigenvalue weighted by Gasteiger charge is 2.03. The molecule has 0 aliphatic heterocycles. The zero-order valence-electron chi connectivity index (χ0n) is 8.31. The first-order valence-corrected chi connectivity index (χ1v) is 4.80. The highest BCUT2D eigenvalue weighted by atomic mass is 16.3. The maximum absolute atomic E-state index is 11.6. The fourth-order valence-corrected chi connectivity index (χ4v) is 1.50. The van der Waals surface area contributed by atoms with Crippen molar-refractivity contribution >= 4 is 6.08 Å². The molecule has 0 amide bonds. The zero-order valence-corrected chi connectivity index (χ0v) is 8.31. The second-order valence-corrected chi connectivity index (χ2v) is 3.32. The van der Waals surface area contributed by atoms with Gasteiger partial charge in [-0.25, -0.2) is 0 Å². The summed E-state index contributed by atoms with van der Waals surface area (Å²) in [6.07, 6.45) is 1.78. The van der Waals surface area contributed by atoms with Crippen LogP contribution in [0.5, 0.6) is 5.75 Å². The van der Waals surface area contributed by atoms with Crippen LogP contribution >= 0.6 is 0 Å². The van der Waals surface area contributed by atoms with Gasteiger partial charge in [0.25, 0.3) is 0 Å².